The van der Waals surface area contributed by atoms with Crippen LogP contribution in [0.25, 0.3) is 6.08 Å². The van der Waals surface area contributed by atoms with Crippen molar-refractivity contribution in [2.45, 2.75) is 6.92 Å². The van der Waals surface area contributed by atoms with Gasteiger partial charge in [-0.15, -0.1) is 0 Å². The molecule has 1 heterocycles. The standard InChI is InChI=1S/C16H15N3O3S/c1-10-6-7-11(22-10)8-9-14(20)19-16(23)18-13-5-3-2-4-12(13)15(17)21/h2-9H,1H3,(H2,17,21)(H2,18,19,20,23). The highest BCUT2D eigenvalue weighted by atomic mass is 32.1. The van der Waals surface area contributed by atoms with Crippen molar-refractivity contribution in [2.24, 2.45) is 5.73 Å². The maximum atomic E-state index is 11.8. The van der Waals surface area contributed by atoms with E-state index < -0.39 is 11.8 Å². The van der Waals surface area contributed by atoms with Crippen LogP contribution in [0.1, 0.15) is 21.9 Å². The summed E-state index contributed by atoms with van der Waals surface area (Å²) in [6, 6.07) is 10.1. The Kier molecular flexibility index (Phi) is 5.27. The number of furan rings is 1. The normalized spacial score (nSPS) is 10.5. The van der Waals surface area contributed by atoms with Crippen molar-refractivity contribution in [3.8, 4) is 0 Å². The molecule has 0 aliphatic heterocycles. The van der Waals surface area contributed by atoms with E-state index in [-0.39, 0.29) is 10.7 Å². The van der Waals surface area contributed by atoms with Gasteiger partial charge < -0.3 is 15.5 Å². The molecular weight excluding hydrogens is 314 g/mol. The van der Waals surface area contributed by atoms with Gasteiger partial charge in [-0.2, -0.15) is 0 Å². The van der Waals surface area contributed by atoms with Crippen LogP contribution in [0.4, 0.5) is 5.69 Å². The van der Waals surface area contributed by atoms with Crippen molar-refractivity contribution in [3.05, 3.63) is 59.6 Å². The molecule has 0 aliphatic carbocycles. The molecule has 0 fully saturated rings. The lowest BCUT2D eigenvalue weighted by Gasteiger charge is -2.10. The van der Waals surface area contributed by atoms with E-state index in [1.165, 1.54) is 12.2 Å². The molecule has 1 aromatic carbocycles. The topological polar surface area (TPSA) is 97.4 Å². The summed E-state index contributed by atoms with van der Waals surface area (Å²) in [7, 11) is 0. The lowest BCUT2D eigenvalue weighted by molar-refractivity contribution is -0.115. The molecule has 7 heteroatoms. The van der Waals surface area contributed by atoms with Gasteiger partial charge in [0.25, 0.3) is 5.91 Å². The van der Waals surface area contributed by atoms with Crippen LogP contribution in [0.3, 0.4) is 0 Å². The van der Waals surface area contributed by atoms with Gasteiger partial charge in [0, 0.05) is 6.08 Å². The number of rotatable bonds is 4. The van der Waals surface area contributed by atoms with Crippen LogP contribution in [-0.2, 0) is 4.79 Å². The molecule has 118 valence electrons. The summed E-state index contributed by atoms with van der Waals surface area (Å²) in [6.07, 6.45) is 2.83. The fraction of sp³-hybridized carbons (Fsp3) is 0.0625. The Bertz CT molecular complexity index is 780. The van der Waals surface area contributed by atoms with E-state index in [1.54, 1.807) is 36.4 Å². The van der Waals surface area contributed by atoms with Gasteiger partial charge in [-0.3, -0.25) is 14.9 Å². The summed E-state index contributed by atoms with van der Waals surface area (Å²) in [4.78, 5) is 23.1. The second kappa shape index (κ2) is 7.37. The van der Waals surface area contributed by atoms with Gasteiger partial charge in [-0.05, 0) is 49.5 Å². The van der Waals surface area contributed by atoms with Crippen molar-refractivity contribution in [1.82, 2.24) is 5.32 Å². The molecule has 0 atom stereocenters. The third kappa shape index (κ3) is 4.79. The number of primary amides is 1. The Balaban J connectivity index is 1.96. The summed E-state index contributed by atoms with van der Waals surface area (Å²) in [5.41, 5.74) is 5.98. The average molecular weight is 329 g/mol. The number of carbonyl (C=O) groups excluding carboxylic acids is 2. The third-order valence-electron chi connectivity index (χ3n) is 2.84. The molecule has 2 rings (SSSR count). The van der Waals surface area contributed by atoms with Gasteiger partial charge >= 0.3 is 0 Å². The van der Waals surface area contributed by atoms with Gasteiger partial charge in [-0.1, -0.05) is 12.1 Å². The summed E-state index contributed by atoms with van der Waals surface area (Å²) in [6.45, 7) is 1.81. The van der Waals surface area contributed by atoms with E-state index in [4.69, 9.17) is 22.4 Å². The van der Waals surface area contributed by atoms with Crippen LogP contribution < -0.4 is 16.4 Å². The summed E-state index contributed by atoms with van der Waals surface area (Å²) in [5.74, 6) is 0.310. The monoisotopic (exact) mass is 329 g/mol. The first-order valence-corrected chi connectivity index (χ1v) is 7.12. The van der Waals surface area contributed by atoms with Crippen molar-refractivity contribution < 1.29 is 14.0 Å². The maximum Gasteiger partial charge on any atom is 0.250 e. The van der Waals surface area contributed by atoms with Crippen LogP contribution in [0.5, 0.6) is 0 Å². The molecule has 6 nitrogen and oxygen atoms in total. The van der Waals surface area contributed by atoms with E-state index in [1.807, 2.05) is 6.92 Å². The number of benzene rings is 1. The van der Waals surface area contributed by atoms with E-state index in [0.717, 1.165) is 5.76 Å². The molecule has 23 heavy (non-hydrogen) atoms. The molecule has 1 aromatic heterocycles. The zero-order valence-corrected chi connectivity index (χ0v) is 13.1. The quantitative estimate of drug-likeness (QED) is 0.590. The van der Waals surface area contributed by atoms with Gasteiger partial charge in [-0.25, -0.2) is 0 Å². The fourth-order valence-corrected chi connectivity index (χ4v) is 2.03. The van der Waals surface area contributed by atoms with Gasteiger partial charge in [0.2, 0.25) is 5.91 Å². The number of para-hydroxylation sites is 1. The number of anilines is 1. The molecular formula is C16H15N3O3S. The largest absolute Gasteiger partial charge is 0.462 e. The van der Waals surface area contributed by atoms with Crippen LogP contribution in [0.2, 0.25) is 0 Å². The Morgan fingerprint density at radius 3 is 2.61 bits per heavy atom. The zero-order chi connectivity index (χ0) is 16.8. The van der Waals surface area contributed by atoms with Crippen molar-refractivity contribution >= 4 is 40.9 Å². The molecule has 2 aromatic rings. The number of hydrogen-bond acceptors (Lipinski definition) is 4. The second-order valence-corrected chi connectivity index (χ2v) is 5.04. The molecule has 0 bridgehead atoms. The number of thiocarbonyl (C=S) groups is 1. The number of amides is 2. The molecule has 0 saturated heterocycles. The Morgan fingerprint density at radius 2 is 1.96 bits per heavy atom. The zero-order valence-electron chi connectivity index (χ0n) is 12.3. The molecule has 4 N–H and O–H groups in total. The highest BCUT2D eigenvalue weighted by Gasteiger charge is 2.09. The Labute approximate surface area is 138 Å². The third-order valence-corrected chi connectivity index (χ3v) is 3.04. The molecule has 2 amide bonds. The van der Waals surface area contributed by atoms with Gasteiger partial charge in [0.05, 0.1) is 11.3 Å². The minimum absolute atomic E-state index is 0.0592. The predicted octanol–water partition coefficient (Wildman–Crippen LogP) is 2.21. The lowest BCUT2D eigenvalue weighted by Crippen LogP contribution is -2.33. The minimum Gasteiger partial charge on any atom is -0.462 e. The molecule has 0 radical (unpaired) electrons. The second-order valence-electron chi connectivity index (χ2n) is 4.63. The van der Waals surface area contributed by atoms with E-state index in [2.05, 4.69) is 10.6 Å². The Hall–Kier alpha value is -2.93. The predicted molar refractivity (Wildman–Crippen MR) is 91.8 cm³/mol. The highest BCUT2D eigenvalue weighted by molar-refractivity contribution is 7.80. The highest BCUT2D eigenvalue weighted by Crippen LogP contribution is 2.14. The van der Waals surface area contributed by atoms with Crippen LogP contribution >= 0.6 is 12.2 Å². The van der Waals surface area contributed by atoms with E-state index >= 15 is 0 Å². The van der Waals surface area contributed by atoms with Crippen LogP contribution in [0, 0.1) is 6.92 Å². The molecule has 0 spiro atoms. The first-order chi connectivity index (χ1) is 11.0. The number of carbonyl (C=O) groups is 2. The molecule has 0 saturated carbocycles. The van der Waals surface area contributed by atoms with E-state index in [9.17, 15) is 9.59 Å². The van der Waals surface area contributed by atoms with E-state index in [0.29, 0.717) is 11.4 Å². The number of aryl methyl sites for hydroxylation is 1. The van der Waals surface area contributed by atoms with Crippen molar-refractivity contribution in [2.75, 3.05) is 5.32 Å². The number of nitrogens with one attached hydrogen (secondary N) is 2. The minimum atomic E-state index is -0.588. The molecule has 0 aliphatic rings. The fourth-order valence-electron chi connectivity index (χ4n) is 1.81. The number of nitrogens with two attached hydrogens (primary N) is 1. The summed E-state index contributed by atoms with van der Waals surface area (Å²) in [5, 5.41) is 5.30. The maximum absolute atomic E-state index is 11.8. The average Bonchev–Trinajstić information content (AvgIpc) is 2.91. The first kappa shape index (κ1) is 16.4. The van der Waals surface area contributed by atoms with Crippen LogP contribution in [-0.4, -0.2) is 16.9 Å². The Morgan fingerprint density at radius 1 is 1.22 bits per heavy atom. The number of hydrogen-bond donors (Lipinski definition) is 3. The van der Waals surface area contributed by atoms with Gasteiger partial charge in [0.15, 0.2) is 5.11 Å². The smallest absolute Gasteiger partial charge is 0.250 e. The van der Waals surface area contributed by atoms with Crippen LogP contribution in [0.15, 0.2) is 46.9 Å². The first-order valence-electron chi connectivity index (χ1n) is 6.71. The lowest BCUT2D eigenvalue weighted by atomic mass is 10.1. The summed E-state index contributed by atoms with van der Waals surface area (Å²) < 4.78 is 5.31. The van der Waals surface area contributed by atoms with Crippen molar-refractivity contribution in [3.63, 3.8) is 0 Å². The summed E-state index contributed by atoms with van der Waals surface area (Å²) >= 11 is 5.04. The SMILES string of the molecule is Cc1ccc(C=CC(=O)NC(=S)Nc2ccccc2C(N)=O)o1. The van der Waals surface area contributed by atoms with Crippen molar-refractivity contribution in [1.29, 1.82) is 0 Å². The molecule has 0 unspecified atom stereocenters. The van der Waals surface area contributed by atoms with Gasteiger partial charge in [0.1, 0.15) is 11.5 Å².